The van der Waals surface area contributed by atoms with Crippen molar-refractivity contribution in [2.45, 2.75) is 55.3 Å². The van der Waals surface area contributed by atoms with Crippen LogP contribution in [0, 0.1) is 6.92 Å². The number of rotatable bonds is 5. The third-order valence-electron chi connectivity index (χ3n) is 4.16. The standard InChI is InChI=1S/C14H21ClN2O2S2/c1-10-8-13(20-14(10)15)21(18,19)17(12-5-6-12)9-11-4-2-3-7-16-11/h8,11-12,16H,2-7,9H2,1H3. The van der Waals surface area contributed by atoms with E-state index in [-0.39, 0.29) is 12.1 Å². The Hall–Kier alpha value is -0.140. The SMILES string of the molecule is Cc1cc(S(=O)(=O)N(CC2CCCCN2)C2CC2)sc1Cl. The molecule has 2 heterocycles. The van der Waals surface area contributed by atoms with Gasteiger partial charge in [0.25, 0.3) is 10.0 Å². The molecule has 118 valence electrons. The maximum Gasteiger partial charge on any atom is 0.252 e. The van der Waals surface area contributed by atoms with E-state index in [4.69, 9.17) is 11.6 Å². The summed E-state index contributed by atoms with van der Waals surface area (Å²) in [5, 5.41) is 3.44. The third-order valence-corrected chi connectivity index (χ3v) is 8.09. The summed E-state index contributed by atoms with van der Waals surface area (Å²) in [7, 11) is -3.41. The van der Waals surface area contributed by atoms with Gasteiger partial charge in [-0.25, -0.2) is 8.42 Å². The number of piperidine rings is 1. The predicted molar refractivity (Wildman–Crippen MR) is 86.6 cm³/mol. The van der Waals surface area contributed by atoms with Crippen molar-refractivity contribution in [3.8, 4) is 0 Å². The Kier molecular flexibility index (Phi) is 4.62. The molecule has 0 spiro atoms. The van der Waals surface area contributed by atoms with Gasteiger partial charge in [0, 0.05) is 18.6 Å². The van der Waals surface area contributed by atoms with E-state index in [0.29, 0.717) is 15.1 Å². The van der Waals surface area contributed by atoms with Gasteiger partial charge in [-0.15, -0.1) is 11.3 Å². The first kappa shape index (κ1) is 15.7. The summed E-state index contributed by atoms with van der Waals surface area (Å²) in [6, 6.07) is 2.16. The maximum absolute atomic E-state index is 12.9. The van der Waals surface area contributed by atoms with Crippen molar-refractivity contribution < 1.29 is 8.42 Å². The summed E-state index contributed by atoms with van der Waals surface area (Å²) in [4.78, 5) is 0. The number of halogens is 1. The molecule has 3 rings (SSSR count). The van der Waals surface area contributed by atoms with E-state index in [9.17, 15) is 8.42 Å². The molecule has 0 bridgehead atoms. The molecule has 4 nitrogen and oxygen atoms in total. The normalized spacial score (nSPS) is 23.7. The van der Waals surface area contributed by atoms with Crippen LogP contribution in [0.3, 0.4) is 0 Å². The van der Waals surface area contributed by atoms with Crippen LogP contribution in [-0.4, -0.2) is 37.9 Å². The second-order valence-electron chi connectivity index (χ2n) is 5.97. The highest BCUT2D eigenvalue weighted by Crippen LogP contribution is 2.37. The van der Waals surface area contributed by atoms with Crippen LogP contribution in [0.25, 0.3) is 0 Å². The fourth-order valence-electron chi connectivity index (χ4n) is 2.78. The molecule has 1 aromatic rings. The molecule has 7 heteroatoms. The van der Waals surface area contributed by atoms with Crippen LogP contribution in [0.1, 0.15) is 37.7 Å². The van der Waals surface area contributed by atoms with Gasteiger partial charge >= 0.3 is 0 Å². The van der Waals surface area contributed by atoms with Crippen molar-refractivity contribution >= 4 is 33.0 Å². The predicted octanol–water partition coefficient (Wildman–Crippen LogP) is 3.01. The summed E-state index contributed by atoms with van der Waals surface area (Å²) in [5.41, 5.74) is 0.840. The summed E-state index contributed by atoms with van der Waals surface area (Å²) < 4.78 is 28.5. The zero-order valence-electron chi connectivity index (χ0n) is 12.1. The highest BCUT2D eigenvalue weighted by atomic mass is 35.5. The Morgan fingerprint density at radius 3 is 2.67 bits per heavy atom. The fourth-order valence-corrected chi connectivity index (χ4v) is 6.35. The molecule has 1 aromatic heterocycles. The lowest BCUT2D eigenvalue weighted by molar-refractivity contribution is 0.308. The average molecular weight is 349 g/mol. The van der Waals surface area contributed by atoms with Crippen LogP contribution >= 0.6 is 22.9 Å². The smallest absolute Gasteiger partial charge is 0.252 e. The van der Waals surface area contributed by atoms with Gasteiger partial charge in [0.05, 0.1) is 4.34 Å². The van der Waals surface area contributed by atoms with Gasteiger partial charge in [-0.2, -0.15) is 4.31 Å². The van der Waals surface area contributed by atoms with Crippen LogP contribution in [0.2, 0.25) is 4.34 Å². The fraction of sp³-hybridized carbons (Fsp3) is 0.714. The van der Waals surface area contributed by atoms with Crippen molar-refractivity contribution in [2.75, 3.05) is 13.1 Å². The van der Waals surface area contributed by atoms with E-state index in [1.165, 1.54) is 24.2 Å². The number of hydrogen-bond donors (Lipinski definition) is 1. The van der Waals surface area contributed by atoms with Crippen molar-refractivity contribution in [1.29, 1.82) is 0 Å². The Morgan fingerprint density at radius 1 is 1.38 bits per heavy atom. The largest absolute Gasteiger partial charge is 0.313 e. The molecule has 21 heavy (non-hydrogen) atoms. The molecule has 1 saturated heterocycles. The average Bonchev–Trinajstić information content (AvgIpc) is 3.23. The molecule has 0 amide bonds. The van der Waals surface area contributed by atoms with Gasteiger partial charge in [-0.05, 0) is 50.8 Å². The molecule has 0 radical (unpaired) electrons. The highest BCUT2D eigenvalue weighted by Gasteiger charge is 2.40. The number of nitrogens with one attached hydrogen (secondary N) is 1. The molecule has 1 aliphatic heterocycles. The quantitative estimate of drug-likeness (QED) is 0.889. The molecule has 2 aliphatic rings. The van der Waals surface area contributed by atoms with Crippen LogP contribution in [0.15, 0.2) is 10.3 Å². The second-order valence-corrected chi connectivity index (χ2v) is 9.75. The van der Waals surface area contributed by atoms with Gasteiger partial charge in [-0.3, -0.25) is 0 Å². The number of hydrogen-bond acceptors (Lipinski definition) is 4. The Bertz CT molecular complexity index is 585. The molecule has 1 saturated carbocycles. The summed E-state index contributed by atoms with van der Waals surface area (Å²) >= 11 is 7.22. The highest BCUT2D eigenvalue weighted by molar-refractivity contribution is 7.91. The Morgan fingerprint density at radius 2 is 2.14 bits per heavy atom. The zero-order valence-corrected chi connectivity index (χ0v) is 14.5. The monoisotopic (exact) mass is 348 g/mol. The number of thiophene rings is 1. The second kappa shape index (κ2) is 6.16. The molecule has 2 fully saturated rings. The molecule has 1 atom stereocenters. The van der Waals surface area contributed by atoms with Crippen LogP contribution in [0.5, 0.6) is 0 Å². The lowest BCUT2D eigenvalue weighted by Crippen LogP contribution is -2.46. The first-order valence-corrected chi connectivity index (χ1v) is 10.1. The van der Waals surface area contributed by atoms with Crippen LogP contribution < -0.4 is 5.32 Å². The molecule has 1 N–H and O–H groups in total. The van der Waals surface area contributed by atoms with E-state index in [2.05, 4.69) is 5.32 Å². The number of sulfonamides is 1. The molecule has 0 aromatic carbocycles. The lowest BCUT2D eigenvalue weighted by atomic mass is 10.1. The van der Waals surface area contributed by atoms with Crippen molar-refractivity contribution in [1.82, 2.24) is 9.62 Å². The minimum absolute atomic E-state index is 0.180. The van der Waals surface area contributed by atoms with Gasteiger partial charge in [0.2, 0.25) is 0 Å². The summed E-state index contributed by atoms with van der Waals surface area (Å²) in [6.45, 7) is 3.43. The zero-order chi connectivity index (χ0) is 15.0. The van der Waals surface area contributed by atoms with Crippen molar-refractivity contribution in [3.63, 3.8) is 0 Å². The molecule has 1 aliphatic carbocycles. The van der Waals surface area contributed by atoms with Crippen LogP contribution in [-0.2, 0) is 10.0 Å². The maximum atomic E-state index is 12.9. The van der Waals surface area contributed by atoms with E-state index in [1.807, 2.05) is 6.92 Å². The Labute approximate surface area is 135 Å². The van der Waals surface area contributed by atoms with Gasteiger partial charge < -0.3 is 5.32 Å². The third kappa shape index (κ3) is 3.45. The molecular weight excluding hydrogens is 328 g/mol. The molecular formula is C14H21ClN2O2S2. The summed E-state index contributed by atoms with van der Waals surface area (Å²) in [6.07, 6.45) is 5.38. The summed E-state index contributed by atoms with van der Waals surface area (Å²) in [5.74, 6) is 0. The van der Waals surface area contributed by atoms with Gasteiger partial charge in [0.15, 0.2) is 0 Å². The first-order chi connectivity index (χ1) is 9.98. The van der Waals surface area contributed by atoms with Crippen molar-refractivity contribution in [2.24, 2.45) is 0 Å². The molecule has 1 unspecified atom stereocenters. The van der Waals surface area contributed by atoms with Crippen molar-refractivity contribution in [3.05, 3.63) is 16.0 Å². The topological polar surface area (TPSA) is 49.4 Å². The van der Waals surface area contributed by atoms with E-state index >= 15 is 0 Å². The Balaban J connectivity index is 1.82. The minimum atomic E-state index is -3.41. The van der Waals surface area contributed by atoms with Gasteiger partial charge in [-0.1, -0.05) is 18.0 Å². The van der Waals surface area contributed by atoms with Crippen LogP contribution in [0.4, 0.5) is 0 Å². The van der Waals surface area contributed by atoms with E-state index < -0.39 is 10.0 Å². The minimum Gasteiger partial charge on any atom is -0.313 e. The van der Waals surface area contributed by atoms with Gasteiger partial charge in [0.1, 0.15) is 4.21 Å². The van der Waals surface area contributed by atoms with E-state index in [0.717, 1.165) is 31.4 Å². The lowest BCUT2D eigenvalue weighted by Gasteiger charge is -2.29. The van der Waals surface area contributed by atoms with E-state index in [1.54, 1.807) is 10.4 Å². The number of aryl methyl sites for hydroxylation is 1. The number of nitrogens with zero attached hydrogens (tertiary/aromatic N) is 1. The first-order valence-electron chi connectivity index (χ1n) is 7.49.